The predicted octanol–water partition coefficient (Wildman–Crippen LogP) is 2.80. The zero-order valence-electron chi connectivity index (χ0n) is 13.7. The van der Waals surface area contributed by atoms with Gasteiger partial charge >= 0.3 is 0 Å². The fourth-order valence-corrected chi connectivity index (χ4v) is 3.54. The van der Waals surface area contributed by atoms with Crippen molar-refractivity contribution in [3.63, 3.8) is 0 Å². The topological polar surface area (TPSA) is 35.5 Å². The average Bonchev–Trinajstić information content (AvgIpc) is 2.89. The van der Waals surface area contributed by atoms with Crippen LogP contribution in [0.4, 0.5) is 0 Å². The van der Waals surface area contributed by atoms with Crippen LogP contribution in [0.5, 0.6) is 0 Å². The summed E-state index contributed by atoms with van der Waals surface area (Å²) in [6.45, 7) is 9.99. The highest BCUT2D eigenvalue weighted by molar-refractivity contribution is 5.30. The summed E-state index contributed by atoms with van der Waals surface area (Å²) in [6.07, 6.45) is 3.47. The maximum absolute atomic E-state index is 9.44. The van der Waals surface area contributed by atoms with Crippen molar-refractivity contribution in [2.75, 3.05) is 26.2 Å². The van der Waals surface area contributed by atoms with Gasteiger partial charge in [0, 0.05) is 18.6 Å². The van der Waals surface area contributed by atoms with Crippen LogP contribution in [0.2, 0.25) is 0 Å². The molecule has 0 aromatic heterocycles. The molecular formula is C18H30N2O. The number of hydrogen-bond acceptors (Lipinski definition) is 3. The maximum atomic E-state index is 9.44. The molecule has 0 radical (unpaired) electrons. The first-order valence-electron chi connectivity index (χ1n) is 8.30. The molecule has 0 spiro atoms. The summed E-state index contributed by atoms with van der Waals surface area (Å²) in [5.41, 5.74) is 4.07. The summed E-state index contributed by atoms with van der Waals surface area (Å²) in [7, 11) is 0. The molecule has 2 N–H and O–H groups in total. The van der Waals surface area contributed by atoms with Gasteiger partial charge in [0.1, 0.15) is 0 Å². The molecule has 0 amide bonds. The molecule has 1 aliphatic heterocycles. The van der Waals surface area contributed by atoms with Gasteiger partial charge in [0.15, 0.2) is 0 Å². The van der Waals surface area contributed by atoms with Crippen LogP contribution in [0.1, 0.15) is 48.9 Å². The Morgan fingerprint density at radius 2 is 2.00 bits per heavy atom. The Hall–Kier alpha value is -0.900. The maximum Gasteiger partial charge on any atom is 0.0586 e. The minimum Gasteiger partial charge on any atom is -0.395 e. The predicted molar refractivity (Wildman–Crippen MR) is 88.6 cm³/mol. The lowest BCUT2D eigenvalue weighted by molar-refractivity contribution is 0.154. The van der Waals surface area contributed by atoms with Crippen LogP contribution in [0.25, 0.3) is 0 Å². The Balaban J connectivity index is 2.01. The van der Waals surface area contributed by atoms with Gasteiger partial charge in [0.25, 0.3) is 0 Å². The monoisotopic (exact) mass is 290 g/mol. The number of hydrogen-bond donors (Lipinski definition) is 2. The zero-order chi connectivity index (χ0) is 15.2. The first kappa shape index (κ1) is 16.5. The lowest BCUT2D eigenvalue weighted by Gasteiger charge is -2.26. The fraction of sp³-hybridized carbons (Fsp3) is 0.667. The molecule has 1 saturated heterocycles. The molecule has 0 aliphatic carbocycles. The van der Waals surface area contributed by atoms with Crippen molar-refractivity contribution in [1.29, 1.82) is 0 Å². The number of aliphatic hydroxyl groups excluding tert-OH is 1. The molecule has 2 rings (SSSR count). The van der Waals surface area contributed by atoms with Crippen molar-refractivity contribution >= 4 is 0 Å². The van der Waals surface area contributed by atoms with E-state index in [0.29, 0.717) is 18.7 Å². The van der Waals surface area contributed by atoms with Crippen molar-refractivity contribution in [3.05, 3.63) is 34.9 Å². The average molecular weight is 290 g/mol. The summed E-state index contributed by atoms with van der Waals surface area (Å²) < 4.78 is 0. The minimum atomic E-state index is 0.301. The van der Waals surface area contributed by atoms with E-state index in [0.717, 1.165) is 32.5 Å². The van der Waals surface area contributed by atoms with Gasteiger partial charge in [-0.15, -0.1) is 0 Å². The highest BCUT2D eigenvalue weighted by Gasteiger charge is 2.24. The van der Waals surface area contributed by atoms with Gasteiger partial charge in [-0.1, -0.05) is 36.2 Å². The second-order valence-electron chi connectivity index (χ2n) is 6.33. The number of aryl methyl sites for hydroxylation is 2. The number of rotatable bonds is 7. The normalized spacial score (nSPS) is 20.9. The van der Waals surface area contributed by atoms with E-state index in [9.17, 15) is 5.11 Å². The van der Waals surface area contributed by atoms with E-state index in [1.165, 1.54) is 23.1 Å². The van der Waals surface area contributed by atoms with Crippen molar-refractivity contribution in [1.82, 2.24) is 10.2 Å². The van der Waals surface area contributed by atoms with Crippen LogP contribution in [0.3, 0.4) is 0 Å². The smallest absolute Gasteiger partial charge is 0.0586 e. The van der Waals surface area contributed by atoms with Gasteiger partial charge in [0.05, 0.1) is 6.61 Å². The molecule has 2 unspecified atom stereocenters. The summed E-state index contributed by atoms with van der Waals surface area (Å²) >= 11 is 0. The van der Waals surface area contributed by atoms with Crippen molar-refractivity contribution in [2.45, 2.75) is 52.1 Å². The van der Waals surface area contributed by atoms with Gasteiger partial charge in [-0.2, -0.15) is 0 Å². The molecule has 2 atom stereocenters. The molecule has 1 aliphatic rings. The van der Waals surface area contributed by atoms with Crippen LogP contribution in [-0.2, 0) is 0 Å². The second-order valence-corrected chi connectivity index (χ2v) is 6.33. The number of likely N-dealkylation sites (tertiary alicyclic amines) is 1. The second kappa shape index (κ2) is 7.92. The third kappa shape index (κ3) is 4.53. The summed E-state index contributed by atoms with van der Waals surface area (Å²) in [6, 6.07) is 7.62. The van der Waals surface area contributed by atoms with E-state index < -0.39 is 0 Å². The molecular weight excluding hydrogens is 260 g/mol. The zero-order valence-corrected chi connectivity index (χ0v) is 13.7. The summed E-state index contributed by atoms with van der Waals surface area (Å²) in [4.78, 5) is 2.45. The largest absolute Gasteiger partial charge is 0.395 e. The lowest BCUT2D eigenvalue weighted by Crippen LogP contribution is -2.35. The molecule has 1 aromatic carbocycles. The van der Waals surface area contributed by atoms with Crippen LogP contribution < -0.4 is 5.32 Å². The van der Waals surface area contributed by atoms with Crippen LogP contribution in [0, 0.1) is 13.8 Å². The highest BCUT2D eigenvalue weighted by atomic mass is 16.3. The number of benzene rings is 1. The van der Waals surface area contributed by atoms with E-state index in [1.54, 1.807) is 0 Å². The highest BCUT2D eigenvalue weighted by Crippen LogP contribution is 2.23. The van der Waals surface area contributed by atoms with Crippen molar-refractivity contribution in [2.24, 2.45) is 0 Å². The SMILES string of the molecule is CCNC(CCN1CCCC1CO)c1cc(C)cc(C)c1. The third-order valence-electron chi connectivity index (χ3n) is 4.51. The lowest BCUT2D eigenvalue weighted by atomic mass is 9.98. The quantitative estimate of drug-likeness (QED) is 0.810. The van der Waals surface area contributed by atoms with Gasteiger partial charge in [-0.25, -0.2) is 0 Å². The van der Waals surface area contributed by atoms with Crippen LogP contribution in [-0.4, -0.2) is 42.3 Å². The molecule has 1 aromatic rings. The Bertz CT molecular complexity index is 427. The Labute approximate surface area is 129 Å². The Morgan fingerprint density at radius 3 is 2.62 bits per heavy atom. The van der Waals surface area contributed by atoms with Gasteiger partial charge in [0.2, 0.25) is 0 Å². The van der Waals surface area contributed by atoms with Crippen molar-refractivity contribution < 1.29 is 5.11 Å². The third-order valence-corrected chi connectivity index (χ3v) is 4.51. The van der Waals surface area contributed by atoms with E-state index in [4.69, 9.17) is 0 Å². The molecule has 21 heavy (non-hydrogen) atoms. The molecule has 118 valence electrons. The van der Waals surface area contributed by atoms with E-state index >= 15 is 0 Å². The summed E-state index contributed by atoms with van der Waals surface area (Å²) in [5.74, 6) is 0. The first-order valence-corrected chi connectivity index (χ1v) is 8.30. The Morgan fingerprint density at radius 1 is 1.29 bits per heavy atom. The molecule has 0 bridgehead atoms. The minimum absolute atomic E-state index is 0.301. The van der Waals surface area contributed by atoms with Crippen LogP contribution >= 0.6 is 0 Å². The first-order chi connectivity index (χ1) is 10.1. The van der Waals surface area contributed by atoms with E-state index in [2.05, 4.69) is 49.2 Å². The Kier molecular flexibility index (Phi) is 6.22. The van der Waals surface area contributed by atoms with Gasteiger partial charge in [-0.3, -0.25) is 4.90 Å². The molecule has 0 saturated carbocycles. The standard InChI is InChI=1S/C18H30N2O/c1-4-19-18(16-11-14(2)10-15(3)12-16)7-9-20-8-5-6-17(20)13-21/h10-12,17-19,21H,4-9,13H2,1-3H3. The molecule has 3 nitrogen and oxygen atoms in total. The summed E-state index contributed by atoms with van der Waals surface area (Å²) in [5, 5.41) is 13.1. The molecule has 1 heterocycles. The number of aliphatic hydroxyl groups is 1. The van der Waals surface area contributed by atoms with Gasteiger partial charge < -0.3 is 10.4 Å². The van der Waals surface area contributed by atoms with E-state index in [1.807, 2.05) is 0 Å². The van der Waals surface area contributed by atoms with Crippen LogP contribution in [0.15, 0.2) is 18.2 Å². The molecule has 3 heteroatoms. The van der Waals surface area contributed by atoms with Gasteiger partial charge in [-0.05, 0) is 51.8 Å². The van der Waals surface area contributed by atoms with Crippen molar-refractivity contribution in [3.8, 4) is 0 Å². The van der Waals surface area contributed by atoms with E-state index in [-0.39, 0.29) is 0 Å². The fourth-order valence-electron chi connectivity index (χ4n) is 3.54. The number of nitrogens with one attached hydrogen (secondary N) is 1. The molecule has 1 fully saturated rings. The number of nitrogens with zero attached hydrogens (tertiary/aromatic N) is 1.